The van der Waals surface area contributed by atoms with Crippen LogP contribution in [-0.2, 0) is 9.59 Å². The van der Waals surface area contributed by atoms with Gasteiger partial charge in [0.15, 0.2) is 0 Å². The lowest BCUT2D eigenvalue weighted by Crippen LogP contribution is -2.37. The van der Waals surface area contributed by atoms with Crippen LogP contribution in [0.2, 0.25) is 0 Å². The molecule has 0 radical (unpaired) electrons. The maximum absolute atomic E-state index is 12.9. The van der Waals surface area contributed by atoms with E-state index in [9.17, 15) is 9.59 Å². The molecule has 0 saturated carbocycles. The van der Waals surface area contributed by atoms with E-state index in [1.165, 1.54) is 6.21 Å². The maximum atomic E-state index is 12.9. The van der Waals surface area contributed by atoms with Gasteiger partial charge in [-0.25, -0.2) is 5.43 Å². The Balaban J connectivity index is 1.57. The lowest BCUT2D eigenvalue weighted by Gasteiger charge is -2.17. The second-order valence-electron chi connectivity index (χ2n) is 6.67. The molecule has 2 amide bonds. The molecular weight excluding hydrogens is 378 g/mol. The number of furan rings is 1. The average molecular weight is 401 g/mol. The predicted octanol–water partition coefficient (Wildman–Crippen LogP) is 3.73. The zero-order valence-corrected chi connectivity index (χ0v) is 16.6. The summed E-state index contributed by atoms with van der Waals surface area (Å²) in [6.07, 6.45) is 4.89. The first-order chi connectivity index (χ1) is 14.6. The van der Waals surface area contributed by atoms with Crippen LogP contribution >= 0.6 is 0 Å². The molecule has 0 bridgehead atoms. The third kappa shape index (κ3) is 6.04. The Morgan fingerprint density at radius 3 is 2.17 bits per heavy atom. The second kappa shape index (κ2) is 10.6. The van der Waals surface area contributed by atoms with Gasteiger partial charge in [-0.15, -0.1) is 0 Å². The van der Waals surface area contributed by atoms with Crippen LogP contribution in [0.5, 0.6) is 0 Å². The highest BCUT2D eigenvalue weighted by Crippen LogP contribution is 2.24. The number of carbonyl (C=O) groups is 2. The van der Waals surface area contributed by atoms with E-state index >= 15 is 0 Å². The van der Waals surface area contributed by atoms with Crippen molar-refractivity contribution >= 4 is 24.1 Å². The fourth-order valence-electron chi connectivity index (χ4n) is 2.94. The van der Waals surface area contributed by atoms with Crippen LogP contribution in [0.15, 0.2) is 94.2 Å². The number of nitrogens with one attached hydrogen (secondary N) is 2. The molecule has 0 atom stereocenters. The standard InChI is InChI=1S/C24H23N3O3/c1-18(15-21-13-8-14-30-21)16-26-27-22(28)17-25-24(29)23(19-9-4-2-5-10-19)20-11-6-3-7-12-20/h2-16,23H,17H2,1H3,(H,25,29)(H,27,28). The minimum Gasteiger partial charge on any atom is -0.465 e. The van der Waals surface area contributed by atoms with Crippen LogP contribution in [0, 0.1) is 0 Å². The second-order valence-corrected chi connectivity index (χ2v) is 6.67. The molecule has 2 N–H and O–H groups in total. The summed E-state index contributed by atoms with van der Waals surface area (Å²) in [4.78, 5) is 24.9. The lowest BCUT2D eigenvalue weighted by molar-refractivity contribution is -0.126. The Labute approximate surface area is 175 Å². The van der Waals surface area contributed by atoms with Crippen molar-refractivity contribution in [3.63, 3.8) is 0 Å². The summed E-state index contributed by atoms with van der Waals surface area (Å²) in [5.74, 6) is -0.460. The number of nitrogens with zero attached hydrogens (tertiary/aromatic N) is 1. The number of hydrogen-bond donors (Lipinski definition) is 2. The summed E-state index contributed by atoms with van der Waals surface area (Å²) in [5.41, 5.74) is 4.94. The Morgan fingerprint density at radius 1 is 0.967 bits per heavy atom. The van der Waals surface area contributed by atoms with Crippen molar-refractivity contribution in [3.8, 4) is 0 Å². The quantitative estimate of drug-likeness (QED) is 0.446. The highest BCUT2D eigenvalue weighted by atomic mass is 16.3. The maximum Gasteiger partial charge on any atom is 0.259 e. The SMILES string of the molecule is CC(C=NNC(=O)CNC(=O)C(c1ccccc1)c1ccccc1)=Cc1ccco1. The molecule has 3 aromatic rings. The molecule has 1 heterocycles. The zero-order valence-electron chi connectivity index (χ0n) is 16.6. The topological polar surface area (TPSA) is 83.7 Å². The normalized spacial score (nSPS) is 11.6. The molecule has 0 saturated heterocycles. The summed E-state index contributed by atoms with van der Waals surface area (Å²) < 4.78 is 5.22. The van der Waals surface area contributed by atoms with Crippen molar-refractivity contribution in [1.82, 2.24) is 10.7 Å². The molecule has 3 rings (SSSR count). The lowest BCUT2D eigenvalue weighted by atomic mass is 9.90. The van der Waals surface area contributed by atoms with E-state index in [1.807, 2.05) is 73.7 Å². The predicted molar refractivity (Wildman–Crippen MR) is 117 cm³/mol. The highest BCUT2D eigenvalue weighted by Gasteiger charge is 2.22. The Morgan fingerprint density at radius 2 is 1.60 bits per heavy atom. The monoisotopic (exact) mass is 401 g/mol. The van der Waals surface area contributed by atoms with Gasteiger partial charge in [0.25, 0.3) is 5.91 Å². The van der Waals surface area contributed by atoms with Gasteiger partial charge < -0.3 is 9.73 Å². The average Bonchev–Trinajstić information content (AvgIpc) is 3.27. The molecule has 0 aliphatic carbocycles. The van der Waals surface area contributed by atoms with E-state index < -0.39 is 11.8 Å². The van der Waals surface area contributed by atoms with Crippen molar-refractivity contribution in [1.29, 1.82) is 0 Å². The van der Waals surface area contributed by atoms with Crippen molar-refractivity contribution in [2.24, 2.45) is 5.10 Å². The first-order valence-corrected chi connectivity index (χ1v) is 9.55. The molecule has 0 unspecified atom stereocenters. The van der Waals surface area contributed by atoms with Gasteiger partial charge >= 0.3 is 0 Å². The smallest absolute Gasteiger partial charge is 0.259 e. The summed E-state index contributed by atoms with van der Waals surface area (Å²) in [7, 11) is 0. The number of allylic oxidation sites excluding steroid dienone is 1. The summed E-state index contributed by atoms with van der Waals surface area (Å²) in [6.45, 7) is 1.66. The van der Waals surface area contributed by atoms with Gasteiger partial charge in [0.1, 0.15) is 5.76 Å². The number of benzene rings is 2. The van der Waals surface area contributed by atoms with Crippen LogP contribution in [0.1, 0.15) is 29.7 Å². The molecule has 152 valence electrons. The molecule has 2 aromatic carbocycles. The molecule has 30 heavy (non-hydrogen) atoms. The van der Waals surface area contributed by atoms with Crippen LogP contribution in [0.3, 0.4) is 0 Å². The molecule has 0 aliphatic heterocycles. The Bertz CT molecular complexity index is 971. The Hall–Kier alpha value is -3.93. The minimum absolute atomic E-state index is 0.173. The molecule has 0 aliphatic rings. The fourth-order valence-corrected chi connectivity index (χ4v) is 2.94. The minimum atomic E-state index is -0.498. The van der Waals surface area contributed by atoms with Crippen LogP contribution < -0.4 is 10.7 Å². The molecule has 6 nitrogen and oxygen atoms in total. The number of amides is 2. The fraction of sp³-hybridized carbons (Fsp3) is 0.125. The zero-order chi connectivity index (χ0) is 21.2. The van der Waals surface area contributed by atoms with E-state index in [-0.39, 0.29) is 12.5 Å². The third-order valence-corrected chi connectivity index (χ3v) is 4.32. The summed E-state index contributed by atoms with van der Waals surface area (Å²) >= 11 is 0. The third-order valence-electron chi connectivity index (χ3n) is 4.32. The Kier molecular flexibility index (Phi) is 7.33. The van der Waals surface area contributed by atoms with Crippen LogP contribution in [0.4, 0.5) is 0 Å². The van der Waals surface area contributed by atoms with Gasteiger partial charge in [-0.2, -0.15) is 5.10 Å². The van der Waals surface area contributed by atoms with E-state index in [4.69, 9.17) is 4.42 Å². The number of carbonyl (C=O) groups excluding carboxylic acids is 2. The number of hydrogen-bond acceptors (Lipinski definition) is 4. The molecule has 1 aromatic heterocycles. The number of hydrazone groups is 1. The highest BCUT2D eigenvalue weighted by molar-refractivity contribution is 5.91. The molecule has 0 fully saturated rings. The molecular formula is C24H23N3O3. The van der Waals surface area contributed by atoms with E-state index in [2.05, 4.69) is 15.8 Å². The van der Waals surface area contributed by atoms with E-state index in [1.54, 1.807) is 18.4 Å². The number of rotatable bonds is 8. The van der Waals surface area contributed by atoms with Crippen molar-refractivity contribution in [2.45, 2.75) is 12.8 Å². The van der Waals surface area contributed by atoms with Crippen molar-refractivity contribution in [2.75, 3.05) is 6.54 Å². The van der Waals surface area contributed by atoms with Gasteiger partial charge in [-0.05, 0) is 41.8 Å². The molecule has 0 spiro atoms. The van der Waals surface area contributed by atoms with Crippen LogP contribution in [0.25, 0.3) is 6.08 Å². The van der Waals surface area contributed by atoms with Gasteiger partial charge in [-0.3, -0.25) is 9.59 Å². The van der Waals surface area contributed by atoms with Gasteiger partial charge in [0, 0.05) is 0 Å². The van der Waals surface area contributed by atoms with Gasteiger partial charge in [0.05, 0.1) is 24.9 Å². The van der Waals surface area contributed by atoms with E-state index in [0.29, 0.717) is 5.76 Å². The van der Waals surface area contributed by atoms with Crippen molar-refractivity contribution < 1.29 is 14.0 Å². The van der Waals surface area contributed by atoms with Crippen LogP contribution in [-0.4, -0.2) is 24.6 Å². The van der Waals surface area contributed by atoms with E-state index in [0.717, 1.165) is 16.7 Å². The first-order valence-electron chi connectivity index (χ1n) is 9.55. The van der Waals surface area contributed by atoms with Crippen molar-refractivity contribution in [3.05, 3.63) is 102 Å². The summed E-state index contributed by atoms with van der Waals surface area (Å²) in [6, 6.07) is 22.6. The van der Waals surface area contributed by atoms with Gasteiger partial charge in [-0.1, -0.05) is 60.7 Å². The first kappa shape index (κ1) is 20.8. The largest absolute Gasteiger partial charge is 0.465 e. The molecule has 6 heteroatoms. The van der Waals surface area contributed by atoms with Gasteiger partial charge in [0.2, 0.25) is 5.91 Å². The summed E-state index contributed by atoms with van der Waals surface area (Å²) in [5, 5.41) is 6.60.